The largest absolute Gasteiger partial charge is 0.493 e. The normalized spacial score (nSPS) is 15.0. The van der Waals surface area contributed by atoms with Gasteiger partial charge in [0, 0.05) is 16.4 Å². The minimum absolute atomic E-state index is 0.339. The monoisotopic (exact) mass is 352 g/mol. The number of ether oxygens (including phenoxy) is 2. The first-order valence-corrected chi connectivity index (χ1v) is 9.78. The molecule has 0 spiro atoms. The molecule has 1 saturated heterocycles. The van der Waals surface area contributed by atoms with E-state index >= 15 is 0 Å². The molecule has 0 amide bonds. The van der Waals surface area contributed by atoms with Gasteiger partial charge < -0.3 is 9.47 Å². The van der Waals surface area contributed by atoms with Crippen molar-refractivity contribution in [1.29, 1.82) is 0 Å². The summed E-state index contributed by atoms with van der Waals surface area (Å²) in [5, 5.41) is 0. The lowest BCUT2D eigenvalue weighted by molar-refractivity contribution is 0.0735. The lowest BCUT2D eigenvalue weighted by Gasteiger charge is -2.13. The van der Waals surface area contributed by atoms with Crippen molar-refractivity contribution in [1.82, 2.24) is 0 Å². The second kappa shape index (κ2) is 6.98. The molecule has 0 saturated carbocycles. The van der Waals surface area contributed by atoms with E-state index < -0.39 is 0 Å². The lowest BCUT2D eigenvalue weighted by Crippen LogP contribution is -2.07. The number of benzene rings is 1. The smallest absolute Gasteiger partial charge is 0.353 e. The highest BCUT2D eigenvalue weighted by Gasteiger charge is 2.21. The van der Waals surface area contributed by atoms with E-state index in [1.165, 1.54) is 28.4 Å². The van der Waals surface area contributed by atoms with Gasteiger partial charge in [-0.2, -0.15) is 0 Å². The Morgan fingerprint density at radius 1 is 1.14 bits per heavy atom. The fourth-order valence-electron chi connectivity index (χ4n) is 2.16. The summed E-state index contributed by atoms with van der Waals surface area (Å²) < 4.78 is 11.3. The molecular weight excluding hydrogens is 336 g/mol. The fraction of sp³-hybridized carbons (Fsp3) is 0.312. The van der Waals surface area contributed by atoms with Crippen LogP contribution in [0, 0.1) is 6.92 Å². The third-order valence-corrected chi connectivity index (χ3v) is 7.31. The van der Waals surface area contributed by atoms with Gasteiger partial charge in [0.1, 0.15) is 4.88 Å². The predicted octanol–water partition coefficient (Wildman–Crippen LogP) is 4.76. The van der Waals surface area contributed by atoms with Gasteiger partial charge >= 0.3 is 5.97 Å². The molecule has 1 aromatic heterocycles. The van der Waals surface area contributed by atoms with Crippen LogP contribution in [0.15, 0.2) is 30.3 Å². The molecule has 3 rings (SSSR count). The van der Waals surface area contributed by atoms with Crippen LogP contribution in [0.2, 0.25) is 0 Å². The van der Waals surface area contributed by atoms with Gasteiger partial charge in [0.15, 0.2) is 11.5 Å². The van der Waals surface area contributed by atoms with Gasteiger partial charge in [0.05, 0.1) is 11.7 Å². The highest BCUT2D eigenvalue weighted by atomic mass is 32.2. The third kappa shape index (κ3) is 3.45. The number of thioether (sulfide) groups is 2. The quantitative estimate of drug-likeness (QED) is 0.585. The highest BCUT2D eigenvalue weighted by Crippen LogP contribution is 2.47. The van der Waals surface area contributed by atoms with Crippen molar-refractivity contribution in [2.45, 2.75) is 11.5 Å². The van der Waals surface area contributed by atoms with E-state index in [1.54, 1.807) is 13.2 Å². The maximum absolute atomic E-state index is 12.2. The van der Waals surface area contributed by atoms with Crippen LogP contribution in [0.4, 0.5) is 0 Å². The third-order valence-electron chi connectivity index (χ3n) is 3.23. The number of hydrogen-bond donors (Lipinski definition) is 0. The number of esters is 1. The Labute approximate surface area is 142 Å². The maximum Gasteiger partial charge on any atom is 0.353 e. The lowest BCUT2D eigenvalue weighted by atomic mass is 10.2. The van der Waals surface area contributed by atoms with Crippen molar-refractivity contribution >= 4 is 40.8 Å². The van der Waals surface area contributed by atoms with Crippen LogP contribution in [-0.2, 0) is 0 Å². The Kier molecular flexibility index (Phi) is 5.00. The van der Waals surface area contributed by atoms with Gasteiger partial charge in [-0.05, 0) is 36.8 Å². The van der Waals surface area contributed by atoms with Gasteiger partial charge in [-0.25, -0.2) is 4.79 Å². The van der Waals surface area contributed by atoms with Crippen molar-refractivity contribution in [2.75, 3.05) is 18.6 Å². The van der Waals surface area contributed by atoms with Gasteiger partial charge in [-0.3, -0.25) is 0 Å². The summed E-state index contributed by atoms with van der Waals surface area (Å²) in [6, 6.07) is 9.51. The summed E-state index contributed by atoms with van der Waals surface area (Å²) in [4.78, 5) is 13.9. The summed E-state index contributed by atoms with van der Waals surface area (Å²) in [7, 11) is 1.60. The summed E-state index contributed by atoms with van der Waals surface area (Å²) >= 11 is 5.30. The number of carbonyl (C=O) groups excluding carboxylic acids is 1. The van der Waals surface area contributed by atoms with Gasteiger partial charge in [-0.1, -0.05) is 6.07 Å². The molecule has 1 fully saturated rings. The molecule has 0 aliphatic carbocycles. The summed E-state index contributed by atoms with van der Waals surface area (Å²) in [5.74, 6) is 3.08. The van der Waals surface area contributed by atoms with Crippen LogP contribution >= 0.6 is 34.9 Å². The first-order valence-electron chi connectivity index (χ1n) is 6.87. The SMILES string of the molecule is COc1cc(C2SCCS2)ccc1OC(=O)c1ccc(C)s1. The Hall–Kier alpha value is -1.11. The van der Waals surface area contributed by atoms with Crippen LogP contribution in [0.3, 0.4) is 0 Å². The topological polar surface area (TPSA) is 35.5 Å². The minimum Gasteiger partial charge on any atom is -0.493 e. The van der Waals surface area contributed by atoms with Crippen LogP contribution < -0.4 is 9.47 Å². The molecule has 3 nitrogen and oxygen atoms in total. The first-order chi connectivity index (χ1) is 10.7. The summed E-state index contributed by atoms with van der Waals surface area (Å²) in [5.41, 5.74) is 1.20. The van der Waals surface area contributed by atoms with Crippen molar-refractivity contribution in [3.8, 4) is 11.5 Å². The molecule has 1 aliphatic rings. The number of methoxy groups -OCH3 is 1. The van der Waals surface area contributed by atoms with E-state index in [1.807, 2.05) is 54.7 Å². The average molecular weight is 353 g/mol. The standard InChI is InChI=1S/C16H16O3S3/c1-10-3-6-14(22-10)15(17)19-12-5-4-11(9-13(12)18-2)16-20-7-8-21-16/h3-6,9,16H,7-8H2,1-2H3. The average Bonchev–Trinajstić information content (AvgIpc) is 3.19. The predicted molar refractivity (Wildman–Crippen MR) is 94.7 cm³/mol. The van der Waals surface area contributed by atoms with Gasteiger partial charge in [-0.15, -0.1) is 34.9 Å². The molecule has 0 bridgehead atoms. The van der Waals surface area contributed by atoms with Gasteiger partial charge in [0.25, 0.3) is 0 Å². The van der Waals surface area contributed by atoms with Crippen LogP contribution in [0.25, 0.3) is 0 Å². The van der Waals surface area contributed by atoms with E-state index in [0.29, 0.717) is 21.0 Å². The van der Waals surface area contributed by atoms with Crippen LogP contribution in [0.1, 0.15) is 24.7 Å². The zero-order chi connectivity index (χ0) is 15.5. The van der Waals surface area contributed by atoms with E-state index in [-0.39, 0.29) is 5.97 Å². The number of carbonyl (C=O) groups is 1. The first kappa shape index (κ1) is 15.8. The Balaban J connectivity index is 1.79. The Bertz CT molecular complexity index is 675. The van der Waals surface area contributed by atoms with Crippen molar-refractivity contribution < 1.29 is 14.3 Å². The van der Waals surface area contributed by atoms with E-state index in [2.05, 4.69) is 0 Å². The second-order valence-corrected chi connectivity index (χ2v) is 8.80. The van der Waals surface area contributed by atoms with Gasteiger partial charge in [0.2, 0.25) is 0 Å². The number of aryl methyl sites for hydroxylation is 1. The molecule has 6 heteroatoms. The molecule has 0 atom stereocenters. The highest BCUT2D eigenvalue weighted by molar-refractivity contribution is 8.19. The van der Waals surface area contributed by atoms with E-state index in [9.17, 15) is 4.79 Å². The molecule has 1 aromatic carbocycles. The molecular formula is C16H16O3S3. The number of hydrogen-bond acceptors (Lipinski definition) is 6. The fourth-order valence-corrected chi connectivity index (χ4v) is 5.74. The zero-order valence-corrected chi connectivity index (χ0v) is 14.8. The van der Waals surface area contributed by atoms with Crippen molar-refractivity contribution in [3.63, 3.8) is 0 Å². The second-order valence-electron chi connectivity index (χ2n) is 4.78. The maximum atomic E-state index is 12.2. The van der Waals surface area contributed by atoms with Crippen molar-refractivity contribution in [3.05, 3.63) is 45.6 Å². The van der Waals surface area contributed by atoms with Crippen LogP contribution in [-0.4, -0.2) is 24.6 Å². The molecule has 2 aromatic rings. The molecule has 2 heterocycles. The number of thiophene rings is 1. The van der Waals surface area contributed by atoms with Crippen molar-refractivity contribution in [2.24, 2.45) is 0 Å². The Morgan fingerprint density at radius 2 is 1.91 bits per heavy atom. The minimum atomic E-state index is -0.339. The zero-order valence-electron chi connectivity index (χ0n) is 12.3. The molecule has 0 radical (unpaired) electrons. The number of rotatable bonds is 4. The molecule has 116 valence electrons. The summed E-state index contributed by atoms with van der Waals surface area (Å²) in [6.45, 7) is 1.97. The molecule has 0 unspecified atom stereocenters. The van der Waals surface area contributed by atoms with Crippen LogP contribution in [0.5, 0.6) is 11.5 Å². The summed E-state index contributed by atoms with van der Waals surface area (Å²) in [6.07, 6.45) is 0. The molecule has 22 heavy (non-hydrogen) atoms. The molecule has 1 aliphatic heterocycles. The Morgan fingerprint density at radius 3 is 2.55 bits per heavy atom. The van der Waals surface area contributed by atoms with E-state index in [4.69, 9.17) is 9.47 Å². The van der Waals surface area contributed by atoms with E-state index in [0.717, 1.165) is 4.88 Å². The molecule has 0 N–H and O–H groups in total.